The first-order valence-corrected chi connectivity index (χ1v) is 11.4. The number of carbonyl (C=O) groups is 1. The van der Waals surface area contributed by atoms with Gasteiger partial charge < -0.3 is 29.9 Å². The van der Waals surface area contributed by atoms with Crippen molar-refractivity contribution in [2.45, 2.75) is 19.0 Å². The number of para-hydroxylation sites is 1. The van der Waals surface area contributed by atoms with Gasteiger partial charge in [-0.05, 0) is 24.7 Å². The van der Waals surface area contributed by atoms with Crippen molar-refractivity contribution in [1.82, 2.24) is 25.2 Å². The summed E-state index contributed by atoms with van der Waals surface area (Å²) in [5.41, 5.74) is 4.59. The van der Waals surface area contributed by atoms with Gasteiger partial charge in [0.15, 0.2) is 0 Å². The molecule has 1 amide bonds. The second-order valence-corrected chi connectivity index (χ2v) is 8.57. The first kappa shape index (κ1) is 22.3. The number of pyridine rings is 1. The third-order valence-corrected chi connectivity index (χ3v) is 6.34. The minimum atomic E-state index is -0.419. The van der Waals surface area contributed by atoms with Crippen LogP contribution in [0.1, 0.15) is 11.3 Å². The topological polar surface area (TPSA) is 105 Å². The molecule has 2 aliphatic heterocycles. The number of aromatic nitrogens is 3. The largest absolute Gasteiger partial charge is 0.480 e. The molecule has 2 aromatic heterocycles. The molecule has 2 aliphatic rings. The molecule has 10 heteroatoms. The van der Waals surface area contributed by atoms with Crippen LogP contribution in [0.2, 0.25) is 0 Å². The van der Waals surface area contributed by atoms with Gasteiger partial charge in [0.25, 0.3) is 0 Å². The minimum Gasteiger partial charge on any atom is -0.480 e. The van der Waals surface area contributed by atoms with E-state index in [9.17, 15) is 4.79 Å². The number of fused-ring (bicyclic) bond motifs is 2. The van der Waals surface area contributed by atoms with Gasteiger partial charge in [0.1, 0.15) is 11.7 Å². The predicted octanol–water partition coefficient (Wildman–Crippen LogP) is 1.72. The number of carbonyl (C=O) groups excluding carboxylic acids is 1. The summed E-state index contributed by atoms with van der Waals surface area (Å²) in [4.78, 5) is 30.9. The van der Waals surface area contributed by atoms with Crippen LogP contribution >= 0.6 is 0 Å². The average molecular weight is 464 g/mol. The van der Waals surface area contributed by atoms with Crippen molar-refractivity contribution >= 4 is 34.1 Å². The average Bonchev–Trinajstić information content (AvgIpc) is 2.87. The number of anilines is 3. The molecule has 1 atom stereocenters. The number of nitrogens with one attached hydrogen (secondary N) is 2. The molecule has 2 N–H and O–H groups in total. The first-order chi connectivity index (χ1) is 16.6. The molecule has 10 nitrogen and oxygen atoms in total. The number of nitrogens with zero attached hydrogens (tertiary/aromatic N) is 5. The summed E-state index contributed by atoms with van der Waals surface area (Å²) < 4.78 is 11.1. The van der Waals surface area contributed by atoms with Crippen molar-refractivity contribution in [2.75, 3.05) is 57.7 Å². The van der Waals surface area contributed by atoms with Crippen LogP contribution in [-0.2, 0) is 22.5 Å². The van der Waals surface area contributed by atoms with Crippen LogP contribution in [-0.4, -0.2) is 79.3 Å². The van der Waals surface area contributed by atoms with Gasteiger partial charge in [0.05, 0.1) is 37.2 Å². The van der Waals surface area contributed by atoms with E-state index in [4.69, 9.17) is 19.4 Å². The molecule has 3 aromatic rings. The molecule has 1 saturated heterocycles. The van der Waals surface area contributed by atoms with Gasteiger partial charge in [-0.2, -0.15) is 0 Å². The highest BCUT2D eigenvalue weighted by Gasteiger charge is 2.30. The minimum absolute atomic E-state index is 0.0843. The molecule has 0 saturated carbocycles. The Hall–Kier alpha value is -3.50. The normalized spacial score (nSPS) is 18.4. The standard InChI is InChI=1S/C24H29N7O3/c1-25-22(32)20-14-34-10-9-31(20)19-6-4-5-15-12-26-24(29-21(15)19)28-18-11-16-13-30(2)8-7-17(16)27-23(18)33-3/h4-6,11-12,20H,7-10,13-14H2,1-3H3,(H,25,32)(H,26,28,29). The fourth-order valence-electron chi connectivity index (χ4n) is 4.57. The highest BCUT2D eigenvalue weighted by molar-refractivity contribution is 5.94. The Bertz CT molecular complexity index is 1220. The van der Waals surface area contributed by atoms with Gasteiger partial charge >= 0.3 is 0 Å². The number of ether oxygens (including phenoxy) is 2. The van der Waals surface area contributed by atoms with Crippen LogP contribution in [0, 0.1) is 0 Å². The second-order valence-electron chi connectivity index (χ2n) is 8.57. The summed E-state index contributed by atoms with van der Waals surface area (Å²) in [5, 5.41) is 6.93. The Morgan fingerprint density at radius 2 is 2.15 bits per heavy atom. The number of hydrogen-bond donors (Lipinski definition) is 2. The maximum Gasteiger partial charge on any atom is 0.244 e. The van der Waals surface area contributed by atoms with Crippen molar-refractivity contribution in [3.05, 3.63) is 41.7 Å². The molecule has 1 unspecified atom stereocenters. The summed E-state index contributed by atoms with van der Waals surface area (Å²) in [7, 11) is 5.36. The summed E-state index contributed by atoms with van der Waals surface area (Å²) in [6.45, 7) is 3.29. The van der Waals surface area contributed by atoms with Gasteiger partial charge in [0.2, 0.25) is 17.7 Å². The lowest BCUT2D eigenvalue weighted by Gasteiger charge is -2.36. The summed E-state index contributed by atoms with van der Waals surface area (Å²) in [6.07, 6.45) is 2.68. The van der Waals surface area contributed by atoms with E-state index in [-0.39, 0.29) is 5.91 Å². The quantitative estimate of drug-likeness (QED) is 0.585. The molecule has 1 aromatic carbocycles. The van der Waals surface area contributed by atoms with E-state index in [2.05, 4.69) is 38.5 Å². The van der Waals surface area contributed by atoms with Crippen LogP contribution in [0.5, 0.6) is 5.88 Å². The van der Waals surface area contributed by atoms with E-state index in [0.717, 1.165) is 47.5 Å². The summed E-state index contributed by atoms with van der Waals surface area (Å²) in [6, 6.07) is 7.56. The van der Waals surface area contributed by atoms with Crippen LogP contribution in [0.4, 0.5) is 17.3 Å². The maximum atomic E-state index is 12.5. The third kappa shape index (κ3) is 4.22. The smallest absolute Gasteiger partial charge is 0.244 e. The Kier molecular flexibility index (Phi) is 6.16. The van der Waals surface area contributed by atoms with E-state index >= 15 is 0 Å². The number of benzene rings is 1. The highest BCUT2D eigenvalue weighted by atomic mass is 16.5. The maximum absolute atomic E-state index is 12.5. The molecule has 0 bridgehead atoms. The van der Waals surface area contributed by atoms with E-state index in [1.54, 1.807) is 20.4 Å². The molecular formula is C24H29N7O3. The van der Waals surface area contributed by atoms with Crippen LogP contribution < -0.4 is 20.3 Å². The third-order valence-electron chi connectivity index (χ3n) is 6.34. The lowest BCUT2D eigenvalue weighted by Crippen LogP contribution is -2.53. The van der Waals surface area contributed by atoms with Crippen LogP contribution in [0.25, 0.3) is 10.9 Å². The Morgan fingerprint density at radius 3 is 2.97 bits per heavy atom. The van der Waals surface area contributed by atoms with Crippen molar-refractivity contribution in [3.8, 4) is 5.88 Å². The number of likely N-dealkylation sites (N-methyl/N-ethyl adjacent to an activating group) is 2. The van der Waals surface area contributed by atoms with Crippen molar-refractivity contribution in [2.24, 2.45) is 0 Å². The van der Waals surface area contributed by atoms with Gasteiger partial charge in [-0.25, -0.2) is 15.0 Å². The molecule has 178 valence electrons. The van der Waals surface area contributed by atoms with E-state index in [1.165, 1.54) is 5.56 Å². The van der Waals surface area contributed by atoms with E-state index in [1.807, 2.05) is 18.2 Å². The highest BCUT2D eigenvalue weighted by Crippen LogP contribution is 2.32. The number of hydrogen-bond acceptors (Lipinski definition) is 9. The molecule has 0 spiro atoms. The predicted molar refractivity (Wildman–Crippen MR) is 130 cm³/mol. The zero-order valence-electron chi connectivity index (χ0n) is 19.7. The Balaban J connectivity index is 1.52. The van der Waals surface area contributed by atoms with Crippen LogP contribution in [0.3, 0.4) is 0 Å². The van der Waals surface area contributed by atoms with Gasteiger partial charge in [-0.1, -0.05) is 12.1 Å². The molecule has 1 fully saturated rings. The monoisotopic (exact) mass is 463 g/mol. The molecular weight excluding hydrogens is 434 g/mol. The fraction of sp³-hybridized carbons (Fsp3) is 0.417. The molecule has 0 radical (unpaired) electrons. The fourth-order valence-corrected chi connectivity index (χ4v) is 4.57. The molecule has 0 aliphatic carbocycles. The van der Waals surface area contributed by atoms with Gasteiger partial charge in [0, 0.05) is 44.7 Å². The second kappa shape index (κ2) is 9.40. The molecule has 5 rings (SSSR count). The zero-order valence-corrected chi connectivity index (χ0v) is 19.7. The summed E-state index contributed by atoms with van der Waals surface area (Å²) in [5.74, 6) is 0.876. The van der Waals surface area contributed by atoms with E-state index in [0.29, 0.717) is 31.6 Å². The zero-order chi connectivity index (χ0) is 23.7. The Labute approximate surface area is 198 Å². The van der Waals surface area contributed by atoms with Crippen LogP contribution in [0.15, 0.2) is 30.5 Å². The number of morpholine rings is 1. The lowest BCUT2D eigenvalue weighted by molar-refractivity contribution is -0.124. The summed E-state index contributed by atoms with van der Waals surface area (Å²) >= 11 is 0. The van der Waals surface area contributed by atoms with Crippen molar-refractivity contribution in [1.29, 1.82) is 0 Å². The van der Waals surface area contributed by atoms with Gasteiger partial charge in [-0.15, -0.1) is 0 Å². The number of methoxy groups -OCH3 is 1. The SMILES string of the molecule is CNC(=O)C1COCCN1c1cccc2cnc(Nc3cc4c(nc3OC)CCN(C)C4)nc12. The van der Waals surface area contributed by atoms with E-state index < -0.39 is 6.04 Å². The Morgan fingerprint density at radius 1 is 1.26 bits per heavy atom. The number of amides is 1. The van der Waals surface area contributed by atoms with Crippen molar-refractivity contribution in [3.63, 3.8) is 0 Å². The lowest BCUT2D eigenvalue weighted by atomic mass is 10.1. The first-order valence-electron chi connectivity index (χ1n) is 11.4. The van der Waals surface area contributed by atoms with Gasteiger partial charge in [-0.3, -0.25) is 4.79 Å². The molecule has 34 heavy (non-hydrogen) atoms. The van der Waals surface area contributed by atoms with Crippen molar-refractivity contribution < 1.29 is 14.3 Å². The number of rotatable bonds is 5. The molecule has 4 heterocycles.